The molecule has 2 rings (SSSR count). The number of fused-ring (bicyclic) bond motifs is 1. The van der Waals surface area contributed by atoms with Gasteiger partial charge in [-0.1, -0.05) is 28.8 Å². The minimum absolute atomic E-state index is 0.668. The molecule has 0 aliphatic carbocycles. The van der Waals surface area contributed by atoms with Crippen molar-refractivity contribution in [3.8, 4) is 5.88 Å². The number of aromatic nitrogens is 2. The maximum Gasteiger partial charge on any atom is 0.215 e. The van der Waals surface area contributed by atoms with E-state index in [2.05, 4.69) is 25.9 Å². The van der Waals surface area contributed by atoms with Crippen molar-refractivity contribution in [2.75, 3.05) is 11.9 Å². The Labute approximate surface area is 116 Å². The molecule has 0 amide bonds. The van der Waals surface area contributed by atoms with Crippen molar-refractivity contribution >= 4 is 27.0 Å². The van der Waals surface area contributed by atoms with Crippen LogP contribution in [-0.4, -0.2) is 21.9 Å². The van der Waals surface area contributed by atoms with Gasteiger partial charge in [-0.05, 0) is 31.0 Å². The van der Waals surface area contributed by atoms with E-state index in [1.165, 1.54) is 19.3 Å². The standard InChI is InChI=1S/C14H17BrN2O/c15-9-3-1-2-4-11-18-13-8-7-12-6-5-10-16-14(12)17-13/h5-8,10H,1-4,9,11H2. The van der Waals surface area contributed by atoms with Gasteiger partial charge in [0, 0.05) is 23.0 Å². The van der Waals surface area contributed by atoms with Crippen molar-refractivity contribution in [3.05, 3.63) is 30.5 Å². The van der Waals surface area contributed by atoms with Crippen LogP contribution in [0.4, 0.5) is 0 Å². The topological polar surface area (TPSA) is 35.0 Å². The molecule has 0 N–H and O–H groups in total. The van der Waals surface area contributed by atoms with Gasteiger partial charge < -0.3 is 4.74 Å². The first-order valence-electron chi connectivity index (χ1n) is 6.31. The van der Waals surface area contributed by atoms with Crippen molar-refractivity contribution in [1.29, 1.82) is 0 Å². The van der Waals surface area contributed by atoms with Gasteiger partial charge in [0.1, 0.15) is 0 Å². The Balaban J connectivity index is 1.81. The third-order valence-electron chi connectivity index (χ3n) is 2.72. The number of halogens is 1. The monoisotopic (exact) mass is 308 g/mol. The maximum absolute atomic E-state index is 5.63. The minimum Gasteiger partial charge on any atom is -0.478 e. The molecule has 0 unspecified atom stereocenters. The van der Waals surface area contributed by atoms with Crippen LogP contribution in [-0.2, 0) is 0 Å². The number of pyridine rings is 2. The zero-order valence-electron chi connectivity index (χ0n) is 10.3. The molecule has 2 aromatic rings. The van der Waals surface area contributed by atoms with Crippen LogP contribution in [0, 0.1) is 0 Å². The number of rotatable bonds is 7. The van der Waals surface area contributed by atoms with Gasteiger partial charge in [-0.3, -0.25) is 0 Å². The predicted octanol–water partition coefficient (Wildman–Crippen LogP) is 3.96. The molecule has 18 heavy (non-hydrogen) atoms. The Hall–Kier alpha value is -1.16. The molecule has 0 atom stereocenters. The van der Waals surface area contributed by atoms with Crippen LogP contribution in [0.5, 0.6) is 5.88 Å². The number of ether oxygens (including phenoxy) is 1. The SMILES string of the molecule is BrCCCCCCOc1ccc2cccnc2n1. The third-order valence-corrected chi connectivity index (χ3v) is 3.28. The molecule has 0 fully saturated rings. The third kappa shape index (κ3) is 3.95. The molecule has 0 aromatic carbocycles. The van der Waals surface area contributed by atoms with Crippen LogP contribution in [0.15, 0.2) is 30.5 Å². The highest BCUT2D eigenvalue weighted by molar-refractivity contribution is 9.09. The quantitative estimate of drug-likeness (QED) is 0.573. The summed E-state index contributed by atoms with van der Waals surface area (Å²) in [5.41, 5.74) is 0.745. The van der Waals surface area contributed by atoms with Crippen molar-refractivity contribution in [2.45, 2.75) is 25.7 Å². The Kier molecular flexibility index (Phi) is 5.39. The molecule has 2 aromatic heterocycles. The van der Waals surface area contributed by atoms with Gasteiger partial charge in [0.2, 0.25) is 5.88 Å². The summed E-state index contributed by atoms with van der Waals surface area (Å²) in [5, 5.41) is 2.13. The van der Waals surface area contributed by atoms with E-state index in [0.717, 1.165) is 29.4 Å². The summed E-state index contributed by atoms with van der Waals surface area (Å²) in [5.74, 6) is 0.668. The molecule has 0 radical (unpaired) electrons. The van der Waals surface area contributed by atoms with E-state index in [-0.39, 0.29) is 0 Å². The highest BCUT2D eigenvalue weighted by Crippen LogP contribution is 2.14. The molecule has 0 saturated heterocycles. The van der Waals surface area contributed by atoms with Crippen LogP contribution in [0.25, 0.3) is 11.0 Å². The summed E-state index contributed by atoms with van der Waals surface area (Å²) in [4.78, 5) is 8.58. The molecule has 0 aliphatic rings. The molecular weight excluding hydrogens is 292 g/mol. The van der Waals surface area contributed by atoms with Crippen LogP contribution in [0.3, 0.4) is 0 Å². The Bertz CT molecular complexity index is 490. The van der Waals surface area contributed by atoms with Crippen molar-refractivity contribution < 1.29 is 4.74 Å². The summed E-state index contributed by atoms with van der Waals surface area (Å²) >= 11 is 3.43. The van der Waals surface area contributed by atoms with E-state index in [0.29, 0.717) is 5.88 Å². The average molecular weight is 309 g/mol. The second-order valence-corrected chi connectivity index (χ2v) is 4.94. The average Bonchev–Trinajstić information content (AvgIpc) is 2.42. The molecule has 0 saturated carbocycles. The summed E-state index contributed by atoms with van der Waals surface area (Å²) in [6, 6.07) is 7.81. The first kappa shape index (κ1) is 13.3. The lowest BCUT2D eigenvalue weighted by Gasteiger charge is -2.05. The van der Waals surface area contributed by atoms with E-state index >= 15 is 0 Å². The molecule has 4 heteroatoms. The van der Waals surface area contributed by atoms with Crippen LogP contribution >= 0.6 is 15.9 Å². The van der Waals surface area contributed by atoms with E-state index < -0.39 is 0 Å². The molecular formula is C14H17BrN2O. The fourth-order valence-electron chi connectivity index (χ4n) is 1.74. The maximum atomic E-state index is 5.63. The summed E-state index contributed by atoms with van der Waals surface area (Å²) in [7, 11) is 0. The second kappa shape index (κ2) is 7.31. The smallest absolute Gasteiger partial charge is 0.215 e. The first-order valence-corrected chi connectivity index (χ1v) is 7.43. The number of nitrogens with zero attached hydrogens (tertiary/aromatic N) is 2. The molecule has 3 nitrogen and oxygen atoms in total. The summed E-state index contributed by atoms with van der Waals surface area (Å²) < 4.78 is 5.63. The van der Waals surface area contributed by atoms with Gasteiger partial charge in [0.15, 0.2) is 5.65 Å². The normalized spacial score (nSPS) is 10.7. The second-order valence-electron chi connectivity index (χ2n) is 4.15. The fraction of sp³-hybridized carbons (Fsp3) is 0.429. The number of hydrogen-bond acceptors (Lipinski definition) is 3. The van der Waals surface area contributed by atoms with Gasteiger partial charge in [0.25, 0.3) is 0 Å². The zero-order valence-corrected chi connectivity index (χ0v) is 11.9. The molecule has 2 heterocycles. The number of alkyl halides is 1. The lowest BCUT2D eigenvalue weighted by atomic mass is 10.2. The van der Waals surface area contributed by atoms with Gasteiger partial charge in [-0.2, -0.15) is 4.98 Å². The Morgan fingerprint density at radius 2 is 1.94 bits per heavy atom. The van der Waals surface area contributed by atoms with Gasteiger partial charge in [-0.15, -0.1) is 0 Å². The Morgan fingerprint density at radius 3 is 2.83 bits per heavy atom. The van der Waals surface area contributed by atoms with Crippen LogP contribution in [0.1, 0.15) is 25.7 Å². The largest absolute Gasteiger partial charge is 0.478 e. The van der Waals surface area contributed by atoms with Gasteiger partial charge in [-0.25, -0.2) is 4.98 Å². The molecule has 96 valence electrons. The molecule has 0 aliphatic heterocycles. The highest BCUT2D eigenvalue weighted by Gasteiger charge is 1.99. The molecule has 0 bridgehead atoms. The zero-order chi connectivity index (χ0) is 12.6. The van der Waals surface area contributed by atoms with E-state index in [9.17, 15) is 0 Å². The number of hydrogen-bond donors (Lipinski definition) is 0. The minimum atomic E-state index is 0.668. The Morgan fingerprint density at radius 1 is 1.06 bits per heavy atom. The van der Waals surface area contributed by atoms with Gasteiger partial charge in [0.05, 0.1) is 6.61 Å². The lowest BCUT2D eigenvalue weighted by molar-refractivity contribution is 0.295. The first-order chi connectivity index (χ1) is 8.90. The van der Waals surface area contributed by atoms with Gasteiger partial charge >= 0.3 is 0 Å². The van der Waals surface area contributed by atoms with Crippen molar-refractivity contribution in [2.24, 2.45) is 0 Å². The highest BCUT2D eigenvalue weighted by atomic mass is 79.9. The van der Waals surface area contributed by atoms with Crippen molar-refractivity contribution in [3.63, 3.8) is 0 Å². The summed E-state index contributed by atoms with van der Waals surface area (Å²) in [6.45, 7) is 0.730. The van der Waals surface area contributed by atoms with E-state index in [1.54, 1.807) is 6.20 Å². The van der Waals surface area contributed by atoms with Crippen LogP contribution < -0.4 is 4.74 Å². The molecule has 0 spiro atoms. The van der Waals surface area contributed by atoms with E-state index in [1.807, 2.05) is 24.3 Å². The number of unbranched alkanes of at least 4 members (excludes halogenated alkanes) is 3. The van der Waals surface area contributed by atoms with Crippen molar-refractivity contribution in [1.82, 2.24) is 9.97 Å². The summed E-state index contributed by atoms with van der Waals surface area (Å²) in [6.07, 6.45) is 6.52. The lowest BCUT2D eigenvalue weighted by Crippen LogP contribution is -1.99. The predicted molar refractivity (Wildman–Crippen MR) is 77.3 cm³/mol. The fourth-order valence-corrected chi connectivity index (χ4v) is 2.14. The van der Waals surface area contributed by atoms with E-state index in [4.69, 9.17) is 4.74 Å². The van der Waals surface area contributed by atoms with Crippen LogP contribution in [0.2, 0.25) is 0 Å².